The van der Waals surface area contributed by atoms with Gasteiger partial charge in [-0.05, 0) is 31.4 Å². The van der Waals surface area contributed by atoms with E-state index >= 15 is 0 Å². The van der Waals surface area contributed by atoms with Crippen molar-refractivity contribution in [2.24, 2.45) is 0 Å². The Kier molecular flexibility index (Phi) is 3.71. The lowest BCUT2D eigenvalue weighted by Crippen LogP contribution is -2.39. The van der Waals surface area contributed by atoms with Crippen molar-refractivity contribution in [3.05, 3.63) is 51.4 Å². The monoisotopic (exact) mass is 340 g/mol. The summed E-state index contributed by atoms with van der Waals surface area (Å²) in [6.07, 6.45) is 4.23. The molecule has 0 spiro atoms. The van der Waals surface area contributed by atoms with Gasteiger partial charge in [0.1, 0.15) is 5.75 Å². The second-order valence-electron chi connectivity index (χ2n) is 6.31. The number of para-hydroxylation sites is 2. The predicted molar refractivity (Wildman–Crippen MR) is 94.7 cm³/mol. The number of ether oxygens (including phenoxy) is 1. The molecule has 0 radical (unpaired) electrons. The van der Waals surface area contributed by atoms with E-state index in [0.717, 1.165) is 19.3 Å². The van der Waals surface area contributed by atoms with E-state index in [-0.39, 0.29) is 17.3 Å². The minimum absolute atomic E-state index is 0.0182. The largest absolute Gasteiger partial charge is 0.495 e. The van der Waals surface area contributed by atoms with Crippen LogP contribution in [0, 0.1) is 0 Å². The fourth-order valence-corrected chi connectivity index (χ4v) is 3.25. The third kappa shape index (κ3) is 2.38. The highest BCUT2D eigenvalue weighted by atomic mass is 16.5. The summed E-state index contributed by atoms with van der Waals surface area (Å²) in [5, 5.41) is 0. The molecule has 130 valence electrons. The van der Waals surface area contributed by atoms with E-state index in [0.29, 0.717) is 29.1 Å². The number of fused-ring (bicyclic) bond motifs is 1. The third-order valence-electron chi connectivity index (χ3n) is 4.55. The average Bonchev–Trinajstić information content (AvgIpc) is 3.36. The van der Waals surface area contributed by atoms with Gasteiger partial charge in [-0.25, -0.2) is 14.3 Å². The SMILES string of the molecule is CCCn1cnc2c1c(=O)n(C1CC1)c(=O)n2-c1ccccc1OC. The summed E-state index contributed by atoms with van der Waals surface area (Å²) < 4.78 is 10.1. The average molecular weight is 340 g/mol. The molecule has 1 saturated carbocycles. The van der Waals surface area contributed by atoms with Gasteiger partial charge in [0.05, 0.1) is 19.1 Å². The molecule has 0 aliphatic heterocycles. The third-order valence-corrected chi connectivity index (χ3v) is 4.55. The van der Waals surface area contributed by atoms with Crippen molar-refractivity contribution >= 4 is 11.2 Å². The molecule has 0 saturated heterocycles. The summed E-state index contributed by atoms with van der Waals surface area (Å²) >= 11 is 0. The molecule has 2 aromatic heterocycles. The van der Waals surface area contributed by atoms with Crippen molar-refractivity contribution in [2.75, 3.05) is 7.11 Å². The lowest BCUT2D eigenvalue weighted by Gasteiger charge is -2.14. The first kappa shape index (κ1) is 15.7. The first-order valence-electron chi connectivity index (χ1n) is 8.53. The lowest BCUT2D eigenvalue weighted by atomic mass is 10.3. The lowest BCUT2D eigenvalue weighted by molar-refractivity contribution is 0.412. The highest BCUT2D eigenvalue weighted by molar-refractivity contribution is 5.73. The normalized spacial score (nSPS) is 14.2. The first-order chi connectivity index (χ1) is 12.2. The van der Waals surface area contributed by atoms with Crippen LogP contribution in [0.5, 0.6) is 5.75 Å². The number of imidazole rings is 1. The highest BCUT2D eigenvalue weighted by Crippen LogP contribution is 2.33. The number of rotatable bonds is 5. The molecular weight excluding hydrogens is 320 g/mol. The molecule has 4 rings (SSSR count). The molecule has 1 aliphatic carbocycles. The Morgan fingerprint density at radius 1 is 1.24 bits per heavy atom. The van der Waals surface area contributed by atoms with Gasteiger partial charge in [-0.3, -0.25) is 9.36 Å². The minimum Gasteiger partial charge on any atom is -0.495 e. The molecule has 0 atom stereocenters. The Bertz CT molecular complexity index is 1060. The summed E-state index contributed by atoms with van der Waals surface area (Å²) in [6, 6.07) is 7.27. The Labute approximate surface area is 144 Å². The fourth-order valence-electron chi connectivity index (χ4n) is 3.25. The zero-order chi connectivity index (χ0) is 17.6. The molecule has 7 nitrogen and oxygen atoms in total. The van der Waals surface area contributed by atoms with Gasteiger partial charge in [-0.15, -0.1) is 0 Å². The molecule has 3 aromatic rings. The van der Waals surface area contributed by atoms with Crippen molar-refractivity contribution in [3.8, 4) is 11.4 Å². The van der Waals surface area contributed by atoms with Crippen LogP contribution in [0.2, 0.25) is 0 Å². The Morgan fingerprint density at radius 2 is 2.00 bits per heavy atom. The number of aryl methyl sites for hydroxylation is 1. The van der Waals surface area contributed by atoms with Crippen molar-refractivity contribution in [2.45, 2.75) is 38.8 Å². The van der Waals surface area contributed by atoms with E-state index < -0.39 is 0 Å². The molecule has 0 bridgehead atoms. The molecule has 2 heterocycles. The van der Waals surface area contributed by atoms with Crippen molar-refractivity contribution in [1.82, 2.24) is 18.7 Å². The van der Waals surface area contributed by atoms with Crippen molar-refractivity contribution < 1.29 is 4.74 Å². The quantitative estimate of drug-likeness (QED) is 0.713. The summed E-state index contributed by atoms with van der Waals surface area (Å²) in [4.78, 5) is 30.5. The number of aromatic nitrogens is 4. The molecule has 25 heavy (non-hydrogen) atoms. The van der Waals surface area contributed by atoms with Gasteiger partial charge in [0, 0.05) is 12.6 Å². The molecule has 0 unspecified atom stereocenters. The van der Waals surface area contributed by atoms with Gasteiger partial charge in [0.2, 0.25) is 0 Å². The maximum absolute atomic E-state index is 13.1. The van der Waals surface area contributed by atoms with E-state index in [1.54, 1.807) is 25.6 Å². The fraction of sp³-hybridized carbons (Fsp3) is 0.389. The Morgan fingerprint density at radius 3 is 2.68 bits per heavy atom. The van der Waals surface area contributed by atoms with Crippen LogP contribution in [-0.2, 0) is 6.54 Å². The topological polar surface area (TPSA) is 71.0 Å². The summed E-state index contributed by atoms with van der Waals surface area (Å²) in [5.41, 5.74) is 0.839. The van der Waals surface area contributed by atoms with Crippen molar-refractivity contribution in [1.29, 1.82) is 0 Å². The predicted octanol–water partition coefficient (Wildman–Crippen LogP) is 2.10. The highest BCUT2D eigenvalue weighted by Gasteiger charge is 2.30. The summed E-state index contributed by atoms with van der Waals surface area (Å²) in [6.45, 7) is 2.72. The number of methoxy groups -OCH3 is 1. The standard InChI is InChI=1S/C18H20N4O3/c1-3-10-20-11-19-16-15(20)17(23)21(12-8-9-12)18(24)22(16)13-6-4-5-7-14(13)25-2/h4-7,11-12H,3,8-10H2,1-2H3. The van der Waals surface area contributed by atoms with Crippen LogP contribution in [0.15, 0.2) is 40.2 Å². The van der Waals surface area contributed by atoms with Gasteiger partial charge < -0.3 is 9.30 Å². The minimum atomic E-state index is -0.355. The zero-order valence-corrected chi connectivity index (χ0v) is 14.3. The summed E-state index contributed by atoms with van der Waals surface area (Å²) in [5.74, 6) is 0.567. The molecule has 1 aromatic carbocycles. The van der Waals surface area contributed by atoms with E-state index in [1.165, 1.54) is 9.13 Å². The second-order valence-corrected chi connectivity index (χ2v) is 6.31. The van der Waals surface area contributed by atoms with Crippen molar-refractivity contribution in [3.63, 3.8) is 0 Å². The van der Waals surface area contributed by atoms with Crippen LogP contribution in [0.4, 0.5) is 0 Å². The number of benzene rings is 1. The van der Waals surface area contributed by atoms with Crippen LogP contribution in [0.25, 0.3) is 16.9 Å². The van der Waals surface area contributed by atoms with Gasteiger partial charge >= 0.3 is 5.69 Å². The Hall–Kier alpha value is -2.83. The van der Waals surface area contributed by atoms with Gasteiger partial charge in [0.25, 0.3) is 5.56 Å². The Balaban J connectivity index is 2.14. The van der Waals surface area contributed by atoms with Gasteiger partial charge in [-0.1, -0.05) is 19.1 Å². The molecule has 1 aliphatic rings. The van der Waals surface area contributed by atoms with E-state index in [1.807, 2.05) is 23.6 Å². The summed E-state index contributed by atoms with van der Waals surface area (Å²) in [7, 11) is 1.56. The van der Waals surface area contributed by atoms with Crippen LogP contribution >= 0.6 is 0 Å². The van der Waals surface area contributed by atoms with Crippen LogP contribution in [0.3, 0.4) is 0 Å². The van der Waals surface area contributed by atoms with Gasteiger partial charge in [0.15, 0.2) is 11.2 Å². The number of hydrogen-bond acceptors (Lipinski definition) is 4. The smallest absolute Gasteiger partial charge is 0.337 e. The van der Waals surface area contributed by atoms with Crippen LogP contribution < -0.4 is 16.0 Å². The zero-order valence-electron chi connectivity index (χ0n) is 14.3. The van der Waals surface area contributed by atoms with E-state index in [4.69, 9.17) is 4.74 Å². The van der Waals surface area contributed by atoms with Gasteiger partial charge in [-0.2, -0.15) is 0 Å². The molecule has 0 amide bonds. The molecule has 0 N–H and O–H groups in total. The molecular formula is C18H20N4O3. The number of hydrogen-bond donors (Lipinski definition) is 0. The van der Waals surface area contributed by atoms with Crippen LogP contribution in [0.1, 0.15) is 32.2 Å². The van der Waals surface area contributed by atoms with E-state index in [9.17, 15) is 9.59 Å². The van der Waals surface area contributed by atoms with Crippen LogP contribution in [-0.4, -0.2) is 25.8 Å². The van der Waals surface area contributed by atoms with E-state index in [2.05, 4.69) is 4.98 Å². The number of nitrogens with zero attached hydrogens (tertiary/aromatic N) is 4. The maximum Gasteiger partial charge on any atom is 0.337 e. The second kappa shape index (κ2) is 5.91. The molecule has 1 fully saturated rings. The maximum atomic E-state index is 13.1. The first-order valence-corrected chi connectivity index (χ1v) is 8.53. The molecule has 7 heteroatoms.